The second-order valence-corrected chi connectivity index (χ2v) is 4.61. The molecule has 0 aromatic rings. The first-order valence-electron chi connectivity index (χ1n) is 4.21. The molecule has 0 bridgehead atoms. The van der Waals surface area contributed by atoms with Gasteiger partial charge >= 0.3 is 0 Å². The Morgan fingerprint density at radius 3 is 1.83 bits per heavy atom. The molecule has 0 aromatic heterocycles. The summed E-state index contributed by atoms with van der Waals surface area (Å²) in [6.45, 7) is 10.7. The number of nitrogens with two attached hydrogens (primary N) is 1. The monoisotopic (exact) mass is 171 g/mol. The van der Waals surface area contributed by atoms with Gasteiger partial charge in [0.2, 0.25) is 0 Å². The van der Waals surface area contributed by atoms with Gasteiger partial charge in [0.25, 0.3) is 0 Å². The first kappa shape index (κ1) is 11.3. The predicted octanol–water partition coefficient (Wildman–Crippen LogP) is 1.35. The molecule has 0 aliphatic rings. The highest BCUT2D eigenvalue weighted by Gasteiger charge is 2.32. The molecule has 0 atom stereocenters. The molecular weight excluding hydrogens is 150 g/mol. The van der Waals surface area contributed by atoms with Crippen molar-refractivity contribution in [2.45, 2.75) is 40.2 Å². The van der Waals surface area contributed by atoms with Gasteiger partial charge in [0, 0.05) is 12.6 Å². The fraction of sp³-hybridized carbons (Fsp3) is 0.889. The molecule has 0 unspecified atom stereocenters. The molecule has 0 aromatic carbocycles. The van der Waals surface area contributed by atoms with E-state index in [0.717, 1.165) is 0 Å². The zero-order chi connectivity index (χ0) is 9.99. The van der Waals surface area contributed by atoms with Crippen molar-refractivity contribution in [3.63, 3.8) is 0 Å². The van der Waals surface area contributed by atoms with Gasteiger partial charge in [0.1, 0.15) is 0 Å². The lowest BCUT2D eigenvalue weighted by atomic mass is 9.76. The van der Waals surface area contributed by atoms with E-state index < -0.39 is 0 Å². The van der Waals surface area contributed by atoms with E-state index in [1.54, 1.807) is 7.05 Å². The van der Waals surface area contributed by atoms with Crippen LogP contribution < -0.4 is 11.1 Å². The molecule has 0 heterocycles. The summed E-state index contributed by atoms with van der Waals surface area (Å²) in [6.07, 6.45) is 0. The number of guanidine groups is 1. The molecule has 72 valence electrons. The molecule has 0 amide bonds. The van der Waals surface area contributed by atoms with Gasteiger partial charge in [-0.1, -0.05) is 20.8 Å². The molecule has 3 heteroatoms. The van der Waals surface area contributed by atoms with Crippen molar-refractivity contribution in [3.05, 3.63) is 0 Å². The van der Waals surface area contributed by atoms with Crippen LogP contribution in [0.15, 0.2) is 4.99 Å². The third-order valence-electron chi connectivity index (χ3n) is 2.56. The second-order valence-electron chi connectivity index (χ2n) is 4.61. The summed E-state index contributed by atoms with van der Waals surface area (Å²) in [5.74, 6) is 0.495. The van der Waals surface area contributed by atoms with Gasteiger partial charge in [-0.05, 0) is 19.3 Å². The van der Waals surface area contributed by atoms with Crippen molar-refractivity contribution in [2.75, 3.05) is 7.05 Å². The third-order valence-corrected chi connectivity index (χ3v) is 2.56. The molecule has 3 N–H and O–H groups in total. The number of hydrogen-bond acceptors (Lipinski definition) is 1. The molecule has 3 nitrogen and oxygen atoms in total. The Bertz CT molecular complexity index is 175. The van der Waals surface area contributed by atoms with Gasteiger partial charge in [-0.25, -0.2) is 0 Å². The Kier molecular flexibility index (Phi) is 3.13. The van der Waals surface area contributed by atoms with Crippen molar-refractivity contribution in [1.29, 1.82) is 0 Å². The van der Waals surface area contributed by atoms with Gasteiger partial charge in [-0.15, -0.1) is 0 Å². The van der Waals surface area contributed by atoms with Crippen LogP contribution in [0.2, 0.25) is 0 Å². The van der Waals surface area contributed by atoms with E-state index >= 15 is 0 Å². The van der Waals surface area contributed by atoms with Crippen LogP contribution in [0.5, 0.6) is 0 Å². The van der Waals surface area contributed by atoms with E-state index in [2.05, 4.69) is 44.9 Å². The van der Waals surface area contributed by atoms with Gasteiger partial charge in [0.05, 0.1) is 0 Å². The van der Waals surface area contributed by atoms with E-state index in [-0.39, 0.29) is 11.0 Å². The fourth-order valence-electron chi connectivity index (χ4n) is 0.564. The van der Waals surface area contributed by atoms with Crippen LogP contribution >= 0.6 is 0 Å². The zero-order valence-corrected chi connectivity index (χ0v) is 9.02. The zero-order valence-electron chi connectivity index (χ0n) is 9.02. The second kappa shape index (κ2) is 3.33. The van der Waals surface area contributed by atoms with Crippen molar-refractivity contribution in [2.24, 2.45) is 16.1 Å². The number of aliphatic imine (C=N–C) groups is 1. The summed E-state index contributed by atoms with van der Waals surface area (Å²) in [5.41, 5.74) is 5.70. The van der Waals surface area contributed by atoms with Crippen LogP contribution in [-0.4, -0.2) is 18.5 Å². The minimum Gasteiger partial charge on any atom is -0.370 e. The highest BCUT2D eigenvalue weighted by atomic mass is 15.1. The first-order chi connectivity index (χ1) is 5.20. The Morgan fingerprint density at radius 1 is 1.17 bits per heavy atom. The Labute approximate surface area is 75.4 Å². The number of nitrogens with zero attached hydrogens (tertiary/aromatic N) is 1. The molecular formula is C9H21N3. The topological polar surface area (TPSA) is 50.4 Å². The normalized spacial score (nSPS) is 14.7. The van der Waals surface area contributed by atoms with Crippen LogP contribution in [0.1, 0.15) is 34.6 Å². The van der Waals surface area contributed by atoms with E-state index in [1.807, 2.05) is 0 Å². The smallest absolute Gasteiger partial charge is 0.188 e. The molecule has 0 radical (unpaired) electrons. The quantitative estimate of drug-likeness (QED) is 0.462. The average Bonchev–Trinajstić information content (AvgIpc) is 1.84. The molecule has 0 fully saturated rings. The molecule has 12 heavy (non-hydrogen) atoms. The molecule has 0 aliphatic carbocycles. The van der Waals surface area contributed by atoms with Gasteiger partial charge in [0.15, 0.2) is 5.96 Å². The maximum Gasteiger partial charge on any atom is 0.188 e. The maximum absolute atomic E-state index is 5.59. The van der Waals surface area contributed by atoms with Gasteiger partial charge in [-0.2, -0.15) is 0 Å². The lowest BCUT2D eigenvalue weighted by molar-refractivity contribution is 0.204. The van der Waals surface area contributed by atoms with Crippen LogP contribution in [0, 0.1) is 5.41 Å². The van der Waals surface area contributed by atoms with Crippen LogP contribution in [0.3, 0.4) is 0 Å². The van der Waals surface area contributed by atoms with E-state index in [4.69, 9.17) is 5.73 Å². The maximum atomic E-state index is 5.59. The minimum atomic E-state index is -0.0450. The summed E-state index contributed by atoms with van der Waals surface area (Å²) in [6, 6.07) is 0. The van der Waals surface area contributed by atoms with Crippen LogP contribution in [0.4, 0.5) is 0 Å². The molecule has 0 aliphatic heterocycles. The van der Waals surface area contributed by atoms with Gasteiger partial charge in [-0.3, -0.25) is 4.99 Å². The lowest BCUT2D eigenvalue weighted by Crippen LogP contribution is -2.54. The van der Waals surface area contributed by atoms with Crippen molar-refractivity contribution >= 4 is 5.96 Å². The first-order valence-corrected chi connectivity index (χ1v) is 4.21. The summed E-state index contributed by atoms with van der Waals surface area (Å²) in [4.78, 5) is 3.87. The highest BCUT2D eigenvalue weighted by molar-refractivity contribution is 5.78. The Balaban J connectivity index is 4.44. The largest absolute Gasteiger partial charge is 0.370 e. The summed E-state index contributed by atoms with van der Waals surface area (Å²) in [7, 11) is 1.68. The Hall–Kier alpha value is -0.730. The highest BCUT2D eigenvalue weighted by Crippen LogP contribution is 2.28. The number of nitrogens with one attached hydrogen (secondary N) is 1. The molecule has 0 saturated carbocycles. The van der Waals surface area contributed by atoms with E-state index in [9.17, 15) is 0 Å². The van der Waals surface area contributed by atoms with Crippen molar-refractivity contribution < 1.29 is 0 Å². The van der Waals surface area contributed by atoms with Crippen LogP contribution in [-0.2, 0) is 0 Å². The number of rotatable bonds is 1. The summed E-state index contributed by atoms with van der Waals surface area (Å²) >= 11 is 0. The standard InChI is InChI=1S/C9H21N3/c1-8(2,3)9(4,5)12-7(10)11-6/h1-6H3,(H3,10,11,12). The molecule has 0 rings (SSSR count). The van der Waals surface area contributed by atoms with Crippen molar-refractivity contribution in [3.8, 4) is 0 Å². The van der Waals surface area contributed by atoms with Gasteiger partial charge < -0.3 is 11.1 Å². The van der Waals surface area contributed by atoms with Crippen LogP contribution in [0.25, 0.3) is 0 Å². The van der Waals surface area contributed by atoms with Crippen molar-refractivity contribution in [1.82, 2.24) is 5.32 Å². The molecule has 0 spiro atoms. The minimum absolute atomic E-state index is 0.0450. The SMILES string of the molecule is CN=C(N)NC(C)(C)C(C)(C)C. The Morgan fingerprint density at radius 2 is 1.58 bits per heavy atom. The third kappa shape index (κ3) is 2.72. The molecule has 0 saturated heterocycles. The summed E-state index contributed by atoms with van der Waals surface area (Å²) in [5, 5.41) is 3.17. The fourth-order valence-corrected chi connectivity index (χ4v) is 0.564. The number of hydrogen-bond donors (Lipinski definition) is 2. The predicted molar refractivity (Wildman–Crippen MR) is 54.2 cm³/mol. The average molecular weight is 171 g/mol. The van der Waals surface area contributed by atoms with E-state index in [1.165, 1.54) is 0 Å². The van der Waals surface area contributed by atoms with E-state index in [0.29, 0.717) is 5.96 Å². The lowest BCUT2D eigenvalue weighted by Gasteiger charge is -2.39. The summed E-state index contributed by atoms with van der Waals surface area (Å²) < 4.78 is 0.